The molecule has 0 aromatic heterocycles. The van der Waals surface area contributed by atoms with E-state index in [4.69, 9.17) is 0 Å². The normalized spacial score (nSPS) is 16.6. The molecule has 0 atom stereocenters. The van der Waals surface area contributed by atoms with Crippen LogP contribution < -0.4 is 0 Å². The lowest BCUT2D eigenvalue weighted by Crippen LogP contribution is -1.82. The van der Waals surface area contributed by atoms with E-state index in [0.717, 1.165) is 24.1 Å². The van der Waals surface area contributed by atoms with Crippen LogP contribution in [-0.2, 0) is 0 Å². The molecule has 0 bridgehead atoms. The van der Waals surface area contributed by atoms with Crippen LogP contribution in [0.1, 0.15) is 26.7 Å². The first kappa shape index (κ1) is 7.26. The summed E-state index contributed by atoms with van der Waals surface area (Å²) in [6, 6.07) is 0. The molecule has 0 N–H and O–H groups in total. The highest BCUT2D eigenvalue weighted by Gasteiger charge is 2.07. The molecular formula is C9H13N. The molecule has 1 heteroatoms. The van der Waals surface area contributed by atoms with Crippen molar-refractivity contribution in [2.75, 3.05) is 0 Å². The highest BCUT2D eigenvalue weighted by molar-refractivity contribution is 5.69. The lowest BCUT2D eigenvalue weighted by Gasteiger charge is -2.00. The standard InChI is InChI=1S/C9H13N/c1-4-8-5-6-10-9(8)7(2)3/h6H,2,4-5H2,1,3H3. The van der Waals surface area contributed by atoms with E-state index < -0.39 is 0 Å². The van der Waals surface area contributed by atoms with Crippen molar-refractivity contribution in [3.8, 4) is 0 Å². The smallest absolute Gasteiger partial charge is 0.0644 e. The van der Waals surface area contributed by atoms with E-state index in [1.807, 2.05) is 13.1 Å². The third-order valence-corrected chi connectivity index (χ3v) is 1.72. The van der Waals surface area contributed by atoms with Gasteiger partial charge in [-0.1, -0.05) is 13.5 Å². The summed E-state index contributed by atoms with van der Waals surface area (Å²) in [4.78, 5) is 4.24. The number of nitrogens with zero attached hydrogens (tertiary/aromatic N) is 1. The summed E-state index contributed by atoms with van der Waals surface area (Å²) in [5.41, 5.74) is 3.64. The SMILES string of the molecule is C=C(C)C1=C(CC)CC=N1. The largest absolute Gasteiger partial charge is 0.261 e. The van der Waals surface area contributed by atoms with Gasteiger partial charge in [-0.25, -0.2) is 0 Å². The third-order valence-electron chi connectivity index (χ3n) is 1.72. The monoisotopic (exact) mass is 135 g/mol. The number of hydrogen-bond acceptors (Lipinski definition) is 1. The predicted octanol–water partition coefficient (Wildman–Crippen LogP) is 2.70. The maximum absolute atomic E-state index is 4.24. The van der Waals surface area contributed by atoms with Crippen molar-refractivity contribution in [1.82, 2.24) is 0 Å². The van der Waals surface area contributed by atoms with Crippen LogP contribution in [0.2, 0.25) is 0 Å². The van der Waals surface area contributed by atoms with Crippen molar-refractivity contribution in [3.05, 3.63) is 23.4 Å². The summed E-state index contributed by atoms with van der Waals surface area (Å²) in [6.07, 6.45) is 4.09. The Morgan fingerprint density at radius 2 is 2.50 bits per heavy atom. The lowest BCUT2D eigenvalue weighted by molar-refractivity contribution is 1.04. The molecule has 1 rings (SSSR count). The van der Waals surface area contributed by atoms with Gasteiger partial charge in [-0.05, 0) is 24.5 Å². The molecule has 1 heterocycles. The molecule has 0 saturated carbocycles. The van der Waals surface area contributed by atoms with Gasteiger partial charge in [0.2, 0.25) is 0 Å². The molecule has 0 amide bonds. The van der Waals surface area contributed by atoms with Crippen molar-refractivity contribution in [3.63, 3.8) is 0 Å². The van der Waals surface area contributed by atoms with Gasteiger partial charge in [0.1, 0.15) is 0 Å². The van der Waals surface area contributed by atoms with Crippen LogP contribution in [-0.4, -0.2) is 6.21 Å². The number of allylic oxidation sites excluding steroid dienone is 2. The summed E-state index contributed by atoms with van der Waals surface area (Å²) < 4.78 is 0. The molecule has 0 aromatic carbocycles. The maximum Gasteiger partial charge on any atom is 0.0644 e. The molecule has 0 spiro atoms. The van der Waals surface area contributed by atoms with Gasteiger partial charge in [0.25, 0.3) is 0 Å². The quantitative estimate of drug-likeness (QED) is 0.552. The van der Waals surface area contributed by atoms with Crippen molar-refractivity contribution in [1.29, 1.82) is 0 Å². The van der Waals surface area contributed by atoms with Gasteiger partial charge >= 0.3 is 0 Å². The van der Waals surface area contributed by atoms with Crippen LogP contribution in [0.25, 0.3) is 0 Å². The number of aliphatic imine (C=N–C) groups is 1. The average molecular weight is 135 g/mol. The molecule has 0 radical (unpaired) electrons. The van der Waals surface area contributed by atoms with Crippen molar-refractivity contribution in [2.45, 2.75) is 26.7 Å². The van der Waals surface area contributed by atoms with Gasteiger partial charge in [0.05, 0.1) is 5.70 Å². The topological polar surface area (TPSA) is 12.4 Å². The zero-order valence-electron chi connectivity index (χ0n) is 6.65. The summed E-state index contributed by atoms with van der Waals surface area (Å²) >= 11 is 0. The Morgan fingerprint density at radius 3 is 2.90 bits per heavy atom. The molecule has 0 aromatic rings. The van der Waals surface area contributed by atoms with Gasteiger partial charge in [0, 0.05) is 12.6 Å². The molecule has 0 fully saturated rings. The fourth-order valence-corrected chi connectivity index (χ4v) is 1.16. The van der Waals surface area contributed by atoms with Gasteiger partial charge in [-0.3, -0.25) is 4.99 Å². The minimum absolute atomic E-state index is 1.03. The summed E-state index contributed by atoms with van der Waals surface area (Å²) in [5.74, 6) is 0. The first-order valence-electron chi connectivity index (χ1n) is 3.66. The van der Waals surface area contributed by atoms with Crippen LogP contribution in [0, 0.1) is 0 Å². The Balaban J connectivity index is 2.87. The second-order valence-corrected chi connectivity index (χ2v) is 2.60. The molecule has 0 unspecified atom stereocenters. The first-order valence-corrected chi connectivity index (χ1v) is 3.66. The molecule has 0 saturated heterocycles. The maximum atomic E-state index is 4.24. The molecule has 0 aliphatic carbocycles. The second-order valence-electron chi connectivity index (χ2n) is 2.60. The van der Waals surface area contributed by atoms with Gasteiger partial charge < -0.3 is 0 Å². The Hall–Kier alpha value is -0.850. The molecular weight excluding hydrogens is 122 g/mol. The zero-order valence-corrected chi connectivity index (χ0v) is 6.65. The molecule has 1 nitrogen and oxygen atoms in total. The van der Waals surface area contributed by atoms with Gasteiger partial charge in [-0.2, -0.15) is 0 Å². The Morgan fingerprint density at radius 1 is 1.80 bits per heavy atom. The fourth-order valence-electron chi connectivity index (χ4n) is 1.16. The average Bonchev–Trinajstić information content (AvgIpc) is 2.33. The Kier molecular flexibility index (Phi) is 2.05. The second kappa shape index (κ2) is 2.82. The van der Waals surface area contributed by atoms with Crippen LogP contribution in [0.15, 0.2) is 28.4 Å². The van der Waals surface area contributed by atoms with Crippen molar-refractivity contribution < 1.29 is 0 Å². The minimum atomic E-state index is 1.03. The van der Waals surface area contributed by atoms with E-state index in [1.165, 1.54) is 5.57 Å². The van der Waals surface area contributed by atoms with Crippen LogP contribution in [0.4, 0.5) is 0 Å². The minimum Gasteiger partial charge on any atom is -0.261 e. The molecule has 10 heavy (non-hydrogen) atoms. The van der Waals surface area contributed by atoms with Gasteiger partial charge in [-0.15, -0.1) is 0 Å². The number of hydrogen-bond donors (Lipinski definition) is 0. The number of rotatable bonds is 2. The van der Waals surface area contributed by atoms with Crippen LogP contribution in [0.5, 0.6) is 0 Å². The highest BCUT2D eigenvalue weighted by atomic mass is 14.8. The van der Waals surface area contributed by atoms with E-state index in [-0.39, 0.29) is 0 Å². The van der Waals surface area contributed by atoms with E-state index in [2.05, 4.69) is 18.5 Å². The van der Waals surface area contributed by atoms with E-state index in [9.17, 15) is 0 Å². The van der Waals surface area contributed by atoms with Gasteiger partial charge in [0.15, 0.2) is 0 Å². The third kappa shape index (κ3) is 1.18. The first-order chi connectivity index (χ1) is 4.75. The van der Waals surface area contributed by atoms with E-state index in [0.29, 0.717) is 0 Å². The Labute approximate surface area is 62.2 Å². The van der Waals surface area contributed by atoms with Crippen molar-refractivity contribution >= 4 is 6.21 Å². The molecule has 1 aliphatic rings. The summed E-state index contributed by atoms with van der Waals surface area (Å²) in [5, 5.41) is 0. The highest BCUT2D eigenvalue weighted by Crippen LogP contribution is 2.23. The molecule has 54 valence electrons. The Bertz CT molecular complexity index is 209. The van der Waals surface area contributed by atoms with Crippen molar-refractivity contribution in [2.24, 2.45) is 4.99 Å². The van der Waals surface area contributed by atoms with Crippen LogP contribution >= 0.6 is 0 Å². The van der Waals surface area contributed by atoms with E-state index in [1.54, 1.807) is 0 Å². The fraction of sp³-hybridized carbons (Fsp3) is 0.444. The summed E-state index contributed by atoms with van der Waals surface area (Å²) in [6.45, 7) is 8.03. The zero-order chi connectivity index (χ0) is 7.56. The van der Waals surface area contributed by atoms with Crippen LogP contribution in [0.3, 0.4) is 0 Å². The predicted molar refractivity (Wildman–Crippen MR) is 45.2 cm³/mol. The lowest BCUT2D eigenvalue weighted by atomic mass is 10.1. The molecule has 1 aliphatic heterocycles. The van der Waals surface area contributed by atoms with E-state index >= 15 is 0 Å². The summed E-state index contributed by atoms with van der Waals surface area (Å²) in [7, 11) is 0.